The van der Waals surface area contributed by atoms with Crippen LogP contribution >= 0.6 is 7.81 Å². The average Bonchev–Trinajstić information content (AvgIpc) is 3.52. The minimum absolute atomic E-state index is 0. The molecule has 3 nitrogen and oxygen atoms in total. The molecule has 3 saturated carbocycles. The van der Waals surface area contributed by atoms with Crippen LogP contribution in [0.25, 0.3) is 0 Å². The van der Waals surface area contributed by atoms with Gasteiger partial charge < -0.3 is 0 Å². The molecule has 1 aliphatic heterocycles. The predicted molar refractivity (Wildman–Crippen MR) is 137 cm³/mol. The average molecular weight is 631 g/mol. The molecular formula is C27H25CoF6NO2PS+2. The van der Waals surface area contributed by atoms with E-state index in [1.54, 1.807) is 28.6 Å². The Kier molecular flexibility index (Phi) is 9.53. The molecule has 39 heavy (non-hydrogen) atoms. The third-order valence-electron chi connectivity index (χ3n) is 6.12. The maximum absolute atomic E-state index is 13.5. The maximum atomic E-state index is 13.5. The second-order valence-electron chi connectivity index (χ2n) is 9.02. The number of fused-ring (bicyclic) bond motifs is 4. The monoisotopic (exact) mass is 631 g/mol. The Morgan fingerprint density at radius 2 is 1.21 bits per heavy atom. The molecule has 0 amide bonds. The van der Waals surface area contributed by atoms with Crippen LogP contribution in [-0.4, -0.2) is 14.5 Å². The van der Waals surface area contributed by atoms with Crippen LogP contribution in [0.2, 0.25) is 0 Å². The van der Waals surface area contributed by atoms with Crippen molar-refractivity contribution in [1.82, 2.24) is 0 Å². The molecule has 0 N–H and O–H groups in total. The molecule has 12 heteroatoms. The fraction of sp³-hybridized carbons (Fsp3) is 0.185. The van der Waals surface area contributed by atoms with Crippen molar-refractivity contribution in [2.75, 3.05) is 4.31 Å². The first-order chi connectivity index (χ1) is 17.6. The second kappa shape index (κ2) is 11.5. The molecule has 1 heterocycles. The zero-order chi connectivity index (χ0) is 27.7. The van der Waals surface area contributed by atoms with Gasteiger partial charge in [0.2, 0.25) is 0 Å². The van der Waals surface area contributed by atoms with E-state index in [4.69, 9.17) is 0 Å². The van der Waals surface area contributed by atoms with Gasteiger partial charge in [-0.3, -0.25) is 4.31 Å². The molecule has 210 valence electrons. The number of hydrogen-bond donors (Lipinski definition) is 0. The zero-order valence-electron chi connectivity index (χ0n) is 20.4. The smallest absolute Gasteiger partial charge is 0.262 e. The van der Waals surface area contributed by atoms with Gasteiger partial charge in [-0.1, -0.05) is 49.2 Å². The van der Waals surface area contributed by atoms with Crippen molar-refractivity contribution >= 4 is 23.5 Å². The molecule has 3 aliphatic carbocycles. The van der Waals surface area contributed by atoms with E-state index in [1.807, 2.05) is 62.4 Å². The number of benzene rings is 2. The van der Waals surface area contributed by atoms with E-state index in [9.17, 15) is 33.6 Å². The van der Waals surface area contributed by atoms with E-state index in [1.165, 1.54) is 24.7 Å². The number of sulfonamides is 1. The molecule has 6 rings (SSSR count). The van der Waals surface area contributed by atoms with Crippen molar-refractivity contribution < 1.29 is 50.4 Å². The summed E-state index contributed by atoms with van der Waals surface area (Å²) in [5.41, 5.74) is 1.81. The first-order valence-corrected chi connectivity index (χ1v) is 15.3. The van der Waals surface area contributed by atoms with Crippen molar-refractivity contribution in [2.45, 2.75) is 36.6 Å². The summed E-state index contributed by atoms with van der Waals surface area (Å²) in [6.07, 6.45) is 19.0. The van der Waals surface area contributed by atoms with E-state index < -0.39 is 17.8 Å². The Labute approximate surface area is 237 Å². The number of halogens is 6. The Balaban J connectivity index is 0.000000271. The van der Waals surface area contributed by atoms with Crippen LogP contribution < -0.4 is 4.31 Å². The van der Waals surface area contributed by atoms with Crippen LogP contribution in [0.5, 0.6) is 0 Å². The number of rotatable bonds is 2. The van der Waals surface area contributed by atoms with Gasteiger partial charge in [-0.25, -0.2) is 8.42 Å². The summed E-state index contributed by atoms with van der Waals surface area (Å²) in [5.74, 6) is 3.82. The molecule has 10 radical (unpaired) electrons. The Morgan fingerprint density at radius 1 is 0.718 bits per heavy atom. The summed E-state index contributed by atoms with van der Waals surface area (Å²) in [6, 6.07) is 16.4. The molecule has 1 unspecified atom stereocenters. The number of para-hydroxylation sites is 1. The third kappa shape index (κ3) is 9.10. The van der Waals surface area contributed by atoms with E-state index in [0.717, 1.165) is 30.0 Å². The fourth-order valence-electron chi connectivity index (χ4n) is 4.66. The Hall–Kier alpha value is -1.29. The Morgan fingerprint density at radius 3 is 1.77 bits per heavy atom. The minimum Gasteiger partial charge on any atom is -0.262 e. The molecule has 2 aromatic rings. The summed E-state index contributed by atoms with van der Waals surface area (Å²) < 4.78 is 87.8. The van der Waals surface area contributed by atoms with Crippen molar-refractivity contribution in [2.24, 2.45) is 0 Å². The summed E-state index contributed by atoms with van der Waals surface area (Å²) in [4.78, 5) is 0.341. The molecule has 0 aromatic heterocycles. The van der Waals surface area contributed by atoms with E-state index in [-0.39, 0.29) is 22.8 Å². The third-order valence-corrected chi connectivity index (χ3v) is 7.93. The summed E-state index contributed by atoms with van der Waals surface area (Å²) in [6.45, 7) is 0. The molecular weight excluding hydrogens is 606 g/mol. The van der Waals surface area contributed by atoms with Gasteiger partial charge >= 0.3 is 49.8 Å². The van der Waals surface area contributed by atoms with E-state index >= 15 is 0 Å². The van der Waals surface area contributed by atoms with Crippen LogP contribution in [0.3, 0.4) is 0 Å². The SMILES string of the molecule is F[P-](F)(F)(F)(F)F.O=S(=O)(c1ccccc1)N1c2ccccc2[C]2[CH][C]3CCCC[C]3[CH]C21.[CH]1[CH][CH][CH][CH]1.[Co+3]. The fourth-order valence-corrected chi connectivity index (χ4v) is 6.28. The number of anilines is 1. The van der Waals surface area contributed by atoms with Gasteiger partial charge in [0.15, 0.2) is 0 Å². The van der Waals surface area contributed by atoms with E-state index in [2.05, 4.69) is 12.8 Å². The largest absolute Gasteiger partial charge is 3.00 e. The zero-order valence-corrected chi connectivity index (χ0v) is 23.1. The van der Waals surface area contributed by atoms with Crippen molar-refractivity contribution in [1.29, 1.82) is 0 Å². The topological polar surface area (TPSA) is 37.4 Å². The molecule has 0 saturated heterocycles. The minimum atomic E-state index is -10.7. The molecule has 0 bridgehead atoms. The summed E-state index contributed by atoms with van der Waals surface area (Å²) in [5, 5.41) is 0. The molecule has 1 atom stereocenters. The summed E-state index contributed by atoms with van der Waals surface area (Å²) in [7, 11) is -14.3. The van der Waals surface area contributed by atoms with Gasteiger partial charge in [-0.05, 0) is 93.4 Å². The predicted octanol–water partition coefficient (Wildman–Crippen LogP) is 8.73. The molecule has 4 aliphatic rings. The number of hydrogen-bond acceptors (Lipinski definition) is 2. The molecule has 3 fully saturated rings. The molecule has 0 spiro atoms. The van der Waals surface area contributed by atoms with Gasteiger partial charge in [-0.2, -0.15) is 0 Å². The van der Waals surface area contributed by atoms with Crippen LogP contribution in [0.15, 0.2) is 59.5 Å². The Bertz CT molecular complexity index is 1190. The van der Waals surface area contributed by atoms with Gasteiger partial charge in [0.25, 0.3) is 10.0 Å². The van der Waals surface area contributed by atoms with Crippen LogP contribution in [0.4, 0.5) is 30.9 Å². The van der Waals surface area contributed by atoms with Gasteiger partial charge in [-0.15, -0.1) is 0 Å². The van der Waals surface area contributed by atoms with Crippen LogP contribution in [0, 0.1) is 62.7 Å². The van der Waals surface area contributed by atoms with Crippen LogP contribution in [-0.2, 0) is 26.8 Å². The van der Waals surface area contributed by atoms with E-state index in [0.29, 0.717) is 4.90 Å². The maximum Gasteiger partial charge on any atom is 3.00 e. The first kappa shape index (κ1) is 32.2. The van der Waals surface area contributed by atoms with Crippen LogP contribution in [0.1, 0.15) is 31.2 Å². The standard InChI is InChI=1S/C22H20NO2S.C5H5.Co.F6P/c24-26(25,18-10-2-1-3-11-18)23-21-13-7-6-12-19(21)20-14-16-8-4-5-9-17(16)15-22(20)23;1-2-4-5-3-1;;1-7(2,3,4,5)6/h1-3,6-7,10-15,22H,4-5,8-9H2;1-5H;;/q;;+3;-1. The number of nitrogens with zero attached hydrogens (tertiary/aromatic N) is 1. The van der Waals surface area contributed by atoms with Crippen molar-refractivity contribution in [3.8, 4) is 0 Å². The molecule has 2 aromatic carbocycles. The van der Waals surface area contributed by atoms with Gasteiger partial charge in [0.05, 0.1) is 16.6 Å². The summed E-state index contributed by atoms with van der Waals surface area (Å²) >= 11 is 0. The normalized spacial score (nSPS) is 23.3. The van der Waals surface area contributed by atoms with Crippen molar-refractivity contribution in [3.05, 3.63) is 123 Å². The van der Waals surface area contributed by atoms with Crippen molar-refractivity contribution in [3.63, 3.8) is 0 Å². The van der Waals surface area contributed by atoms with Gasteiger partial charge in [0.1, 0.15) is 0 Å². The second-order valence-corrected chi connectivity index (χ2v) is 12.8. The van der Waals surface area contributed by atoms with Gasteiger partial charge in [0, 0.05) is 5.92 Å². The first-order valence-electron chi connectivity index (χ1n) is 11.8. The quantitative estimate of drug-likeness (QED) is 0.246.